The molecule has 4 heteroatoms. The molecule has 0 aliphatic carbocycles. The third-order valence-corrected chi connectivity index (χ3v) is 2.20. The molecule has 3 nitrogen and oxygen atoms in total. The number of hydrogen-bond donors (Lipinski definition) is 1. The van der Waals surface area contributed by atoms with Gasteiger partial charge >= 0.3 is 5.97 Å². The predicted octanol–water partition coefficient (Wildman–Crippen LogP) is 2.16. The van der Waals surface area contributed by atoms with Crippen LogP contribution in [0.1, 0.15) is 17.5 Å². The highest BCUT2D eigenvalue weighted by molar-refractivity contribution is 5.67. The van der Waals surface area contributed by atoms with Crippen molar-refractivity contribution in [3.8, 4) is 5.75 Å². The smallest absolute Gasteiger partial charge is 0.303 e. The van der Waals surface area contributed by atoms with Crippen molar-refractivity contribution in [3.63, 3.8) is 0 Å². The fraction of sp³-hybridized carbons (Fsp3) is 0.364. The van der Waals surface area contributed by atoms with Crippen LogP contribution in [0.2, 0.25) is 0 Å². The summed E-state index contributed by atoms with van der Waals surface area (Å²) in [6, 6.07) is 3.26. The third-order valence-electron chi connectivity index (χ3n) is 2.20. The molecule has 15 heavy (non-hydrogen) atoms. The van der Waals surface area contributed by atoms with E-state index in [1.165, 1.54) is 7.11 Å². The number of halogens is 1. The molecular weight excluding hydrogens is 199 g/mol. The highest BCUT2D eigenvalue weighted by atomic mass is 19.1. The van der Waals surface area contributed by atoms with Crippen LogP contribution in [-0.2, 0) is 11.2 Å². The molecule has 0 aliphatic rings. The summed E-state index contributed by atoms with van der Waals surface area (Å²) in [4.78, 5) is 10.4. The summed E-state index contributed by atoms with van der Waals surface area (Å²) in [6.07, 6.45) is 0.0444. The topological polar surface area (TPSA) is 46.5 Å². The van der Waals surface area contributed by atoms with Crippen LogP contribution in [0.25, 0.3) is 0 Å². The van der Waals surface area contributed by atoms with E-state index in [0.717, 1.165) is 0 Å². The number of aliphatic carboxylic acids is 1. The van der Waals surface area contributed by atoms with E-state index in [2.05, 4.69) is 0 Å². The molecule has 0 atom stereocenters. The zero-order valence-electron chi connectivity index (χ0n) is 8.71. The van der Waals surface area contributed by atoms with Crippen LogP contribution < -0.4 is 4.74 Å². The predicted molar refractivity (Wildman–Crippen MR) is 53.6 cm³/mol. The Morgan fingerprint density at radius 3 is 2.73 bits per heavy atom. The van der Waals surface area contributed by atoms with Gasteiger partial charge in [-0.05, 0) is 25.0 Å². The summed E-state index contributed by atoms with van der Waals surface area (Å²) in [6.45, 7) is 1.64. The Morgan fingerprint density at radius 1 is 1.53 bits per heavy atom. The lowest BCUT2D eigenvalue weighted by atomic mass is 10.0. The highest BCUT2D eigenvalue weighted by Crippen LogP contribution is 2.25. The molecule has 0 amide bonds. The first-order valence-electron chi connectivity index (χ1n) is 4.60. The summed E-state index contributed by atoms with van der Waals surface area (Å²) < 4.78 is 18.6. The van der Waals surface area contributed by atoms with E-state index in [1.54, 1.807) is 19.1 Å². The average molecular weight is 212 g/mol. The van der Waals surface area contributed by atoms with E-state index < -0.39 is 5.97 Å². The Morgan fingerprint density at radius 2 is 2.20 bits per heavy atom. The van der Waals surface area contributed by atoms with Crippen molar-refractivity contribution in [1.29, 1.82) is 0 Å². The van der Waals surface area contributed by atoms with Gasteiger partial charge in [0.05, 0.1) is 7.11 Å². The van der Waals surface area contributed by atoms with Gasteiger partial charge in [0.1, 0.15) is 11.6 Å². The minimum Gasteiger partial charge on any atom is -0.496 e. The van der Waals surface area contributed by atoms with E-state index in [1.807, 2.05) is 0 Å². The summed E-state index contributed by atoms with van der Waals surface area (Å²) in [5.41, 5.74) is 0.830. The van der Waals surface area contributed by atoms with E-state index in [0.29, 0.717) is 16.9 Å². The summed E-state index contributed by atoms with van der Waals surface area (Å²) in [5, 5.41) is 8.54. The number of methoxy groups -OCH3 is 1. The van der Waals surface area contributed by atoms with Gasteiger partial charge in [0.2, 0.25) is 0 Å². The van der Waals surface area contributed by atoms with Crippen molar-refractivity contribution < 1.29 is 19.0 Å². The molecule has 0 fully saturated rings. The fourth-order valence-corrected chi connectivity index (χ4v) is 1.38. The van der Waals surface area contributed by atoms with Gasteiger partial charge in [-0.25, -0.2) is 4.39 Å². The zero-order chi connectivity index (χ0) is 11.4. The number of rotatable bonds is 4. The maximum absolute atomic E-state index is 13.6. The van der Waals surface area contributed by atoms with Crippen LogP contribution in [0.4, 0.5) is 4.39 Å². The second-order valence-electron chi connectivity index (χ2n) is 3.27. The Balaban J connectivity index is 3.01. The molecule has 1 aromatic carbocycles. The molecule has 0 aromatic heterocycles. The van der Waals surface area contributed by atoms with E-state index >= 15 is 0 Å². The highest BCUT2D eigenvalue weighted by Gasteiger charge is 2.12. The van der Waals surface area contributed by atoms with E-state index in [4.69, 9.17) is 9.84 Å². The number of aryl methyl sites for hydroxylation is 1. The minimum absolute atomic E-state index is 0.100. The van der Waals surface area contributed by atoms with Crippen molar-refractivity contribution in [1.82, 2.24) is 0 Å². The lowest BCUT2D eigenvalue weighted by Gasteiger charge is -2.10. The van der Waals surface area contributed by atoms with E-state index in [-0.39, 0.29) is 18.7 Å². The molecule has 1 aromatic rings. The Bertz CT molecular complexity index is 374. The first kappa shape index (κ1) is 11.5. The molecular formula is C11H13FO3. The Hall–Kier alpha value is -1.58. The van der Waals surface area contributed by atoms with Gasteiger partial charge in [-0.1, -0.05) is 6.07 Å². The number of benzene rings is 1. The van der Waals surface area contributed by atoms with Crippen LogP contribution in [0.15, 0.2) is 12.1 Å². The quantitative estimate of drug-likeness (QED) is 0.831. The number of ether oxygens (including phenoxy) is 1. The number of hydrogen-bond acceptors (Lipinski definition) is 2. The van der Waals surface area contributed by atoms with Crippen LogP contribution in [-0.4, -0.2) is 18.2 Å². The lowest BCUT2D eigenvalue weighted by Crippen LogP contribution is -2.03. The standard InChI is InChI=1S/C11H13FO3/c1-7-3-5-9(15-2)8(11(7)12)4-6-10(13)14/h3,5H,4,6H2,1-2H3,(H,13,14). The SMILES string of the molecule is COc1ccc(C)c(F)c1CCC(=O)O. The number of carboxylic acids is 1. The van der Waals surface area contributed by atoms with Crippen LogP contribution in [0.5, 0.6) is 5.75 Å². The van der Waals surface area contributed by atoms with Crippen LogP contribution >= 0.6 is 0 Å². The van der Waals surface area contributed by atoms with Gasteiger partial charge in [0.25, 0.3) is 0 Å². The van der Waals surface area contributed by atoms with Crippen LogP contribution in [0.3, 0.4) is 0 Å². The molecule has 1 N–H and O–H groups in total. The number of carbonyl (C=O) groups is 1. The molecule has 0 spiro atoms. The van der Waals surface area contributed by atoms with Crippen molar-refractivity contribution in [2.45, 2.75) is 19.8 Å². The van der Waals surface area contributed by atoms with Crippen molar-refractivity contribution >= 4 is 5.97 Å². The molecule has 0 bridgehead atoms. The molecule has 0 aliphatic heterocycles. The van der Waals surface area contributed by atoms with Gasteiger partial charge in [0.15, 0.2) is 0 Å². The summed E-state index contributed by atoms with van der Waals surface area (Å²) >= 11 is 0. The maximum atomic E-state index is 13.6. The summed E-state index contributed by atoms with van der Waals surface area (Å²) in [5.74, 6) is -0.923. The van der Waals surface area contributed by atoms with Crippen molar-refractivity contribution in [3.05, 3.63) is 29.1 Å². The second kappa shape index (κ2) is 4.77. The second-order valence-corrected chi connectivity index (χ2v) is 3.27. The maximum Gasteiger partial charge on any atom is 0.303 e. The zero-order valence-corrected chi connectivity index (χ0v) is 8.71. The third kappa shape index (κ3) is 2.68. The number of carboxylic acid groups (broad SMARTS) is 1. The van der Waals surface area contributed by atoms with Gasteiger partial charge in [0, 0.05) is 12.0 Å². The van der Waals surface area contributed by atoms with Gasteiger partial charge < -0.3 is 9.84 Å². The molecule has 0 heterocycles. The van der Waals surface area contributed by atoms with Crippen molar-refractivity contribution in [2.75, 3.05) is 7.11 Å². The normalized spacial score (nSPS) is 10.1. The monoisotopic (exact) mass is 212 g/mol. The first-order chi connectivity index (χ1) is 7.06. The Kier molecular flexibility index (Phi) is 3.66. The van der Waals surface area contributed by atoms with Crippen LogP contribution in [0, 0.1) is 12.7 Å². The summed E-state index contributed by atoms with van der Waals surface area (Å²) in [7, 11) is 1.44. The Labute approximate surface area is 87.5 Å². The molecule has 0 saturated carbocycles. The largest absolute Gasteiger partial charge is 0.496 e. The molecule has 0 radical (unpaired) electrons. The average Bonchev–Trinajstić information content (AvgIpc) is 2.20. The molecule has 82 valence electrons. The van der Waals surface area contributed by atoms with Crippen molar-refractivity contribution in [2.24, 2.45) is 0 Å². The minimum atomic E-state index is -0.946. The molecule has 0 unspecified atom stereocenters. The first-order valence-corrected chi connectivity index (χ1v) is 4.60. The molecule has 1 rings (SSSR count). The van der Waals surface area contributed by atoms with Gasteiger partial charge in [-0.2, -0.15) is 0 Å². The fourth-order valence-electron chi connectivity index (χ4n) is 1.38. The van der Waals surface area contributed by atoms with Gasteiger partial charge in [-0.3, -0.25) is 4.79 Å². The molecule has 0 saturated heterocycles. The van der Waals surface area contributed by atoms with E-state index in [9.17, 15) is 9.18 Å². The lowest BCUT2D eigenvalue weighted by molar-refractivity contribution is -0.136. The van der Waals surface area contributed by atoms with Gasteiger partial charge in [-0.15, -0.1) is 0 Å².